The molecule has 0 unspecified atom stereocenters. The maximum atomic E-state index is 13.8. The minimum absolute atomic E-state index is 0. The zero-order valence-corrected chi connectivity index (χ0v) is 40.3. The standard InChI is InChI=1S/C42H48N4O8S.2K/c1-4-45(5-2)35-24-25-38(37(27-35)40(48)43-33-20-14-29(15-21-33)11-10-28-12-16-30(17-13-28)41(49)50)44-39(47)32-8-7-9-36(26-32)55(53,54)46(6-3)34-22-18-31(19-23-34)42(51)52;;/h7-9,12-17,20-21,24-27,31,34H,4-6,10-11,18-19,22-23H2,1-3H3,(H,43,48)(H,44,47)(H,49,50)(H,51,52);;/q;2*+1/p-2. The Labute approximate surface area is 420 Å². The number of nitrogens with one attached hydrogen (secondary N) is 2. The minimum atomic E-state index is -4.02. The number of sulfonamides is 1. The Morgan fingerprint density at radius 2 is 1.28 bits per heavy atom. The number of hydrogen-bond donors (Lipinski definition) is 2. The van der Waals surface area contributed by atoms with Gasteiger partial charge in [-0.1, -0.05) is 49.4 Å². The van der Waals surface area contributed by atoms with Gasteiger partial charge in [-0.15, -0.1) is 0 Å². The fourth-order valence-corrected chi connectivity index (χ4v) is 8.76. The van der Waals surface area contributed by atoms with Gasteiger partial charge in [-0.3, -0.25) is 9.59 Å². The van der Waals surface area contributed by atoms with Gasteiger partial charge in [0.15, 0.2) is 0 Å². The second kappa shape index (κ2) is 22.9. The summed E-state index contributed by atoms with van der Waals surface area (Å²) in [5.41, 5.74) is 4.01. The van der Waals surface area contributed by atoms with Crippen LogP contribution in [-0.4, -0.2) is 62.2 Å². The molecule has 0 spiro atoms. The first-order chi connectivity index (χ1) is 26.3. The van der Waals surface area contributed by atoms with Crippen LogP contribution in [0.2, 0.25) is 0 Å². The molecule has 0 saturated heterocycles. The predicted molar refractivity (Wildman–Crippen MR) is 207 cm³/mol. The minimum Gasteiger partial charge on any atom is -0.550 e. The molecule has 12 nitrogen and oxygen atoms in total. The Balaban J connectivity index is 0.00000435. The second-order valence-electron chi connectivity index (χ2n) is 13.6. The van der Waals surface area contributed by atoms with Gasteiger partial charge in [0.2, 0.25) is 10.0 Å². The van der Waals surface area contributed by atoms with Gasteiger partial charge in [0.25, 0.3) is 11.8 Å². The summed E-state index contributed by atoms with van der Waals surface area (Å²) in [6.45, 7) is 7.31. The predicted octanol–water partition coefficient (Wildman–Crippen LogP) is -1.49. The molecule has 57 heavy (non-hydrogen) atoms. The third-order valence-electron chi connectivity index (χ3n) is 10.2. The molecule has 0 bridgehead atoms. The van der Waals surface area contributed by atoms with Gasteiger partial charge in [0.05, 0.1) is 22.1 Å². The van der Waals surface area contributed by atoms with Crippen LogP contribution in [-0.2, 0) is 27.7 Å². The van der Waals surface area contributed by atoms with Crippen LogP contribution in [0.15, 0.2) is 95.9 Å². The Bertz CT molecular complexity index is 2120. The van der Waals surface area contributed by atoms with Crippen molar-refractivity contribution in [2.75, 3.05) is 35.2 Å². The molecule has 2 N–H and O–H groups in total. The van der Waals surface area contributed by atoms with E-state index in [0.717, 1.165) is 16.8 Å². The number of carbonyl (C=O) groups is 4. The molecule has 2 amide bonds. The number of benzene rings is 4. The van der Waals surface area contributed by atoms with Crippen LogP contribution in [0.5, 0.6) is 0 Å². The monoisotopic (exact) mass is 844 g/mol. The first kappa shape index (κ1) is 49.1. The van der Waals surface area contributed by atoms with Crippen molar-refractivity contribution < 1.29 is 141 Å². The first-order valence-electron chi connectivity index (χ1n) is 18.6. The largest absolute Gasteiger partial charge is 1.00 e. The average molecular weight is 845 g/mol. The van der Waals surface area contributed by atoms with Crippen molar-refractivity contribution in [2.45, 2.75) is 70.2 Å². The number of amides is 2. The molecule has 5 rings (SSSR count). The van der Waals surface area contributed by atoms with Crippen molar-refractivity contribution in [1.29, 1.82) is 0 Å². The van der Waals surface area contributed by atoms with Gasteiger partial charge in [-0.05, 0) is 124 Å². The summed E-state index contributed by atoms with van der Waals surface area (Å²) in [5, 5.41) is 28.1. The molecule has 0 atom stereocenters. The maximum absolute atomic E-state index is 13.8. The number of carbonyl (C=O) groups excluding carboxylic acids is 4. The van der Waals surface area contributed by atoms with Crippen LogP contribution >= 0.6 is 0 Å². The van der Waals surface area contributed by atoms with Crippen molar-refractivity contribution in [1.82, 2.24) is 4.31 Å². The fourth-order valence-electron chi connectivity index (χ4n) is 7.02. The fraction of sp³-hybridized carbons (Fsp3) is 0.333. The number of hydrogen-bond acceptors (Lipinski definition) is 9. The summed E-state index contributed by atoms with van der Waals surface area (Å²) in [4.78, 5) is 51.9. The number of aliphatic carboxylic acids is 1. The van der Waals surface area contributed by atoms with Gasteiger partial charge < -0.3 is 35.3 Å². The van der Waals surface area contributed by atoms with E-state index in [4.69, 9.17) is 0 Å². The molecule has 4 aromatic carbocycles. The Morgan fingerprint density at radius 1 is 0.684 bits per heavy atom. The molecule has 1 aliphatic carbocycles. The van der Waals surface area contributed by atoms with Crippen LogP contribution in [0.4, 0.5) is 17.1 Å². The number of aromatic carboxylic acids is 1. The molecule has 290 valence electrons. The normalized spacial score (nSPS) is 15.1. The summed E-state index contributed by atoms with van der Waals surface area (Å²) < 4.78 is 29.0. The molecule has 0 heterocycles. The number of rotatable bonds is 16. The van der Waals surface area contributed by atoms with E-state index in [1.807, 2.05) is 32.0 Å². The van der Waals surface area contributed by atoms with E-state index in [9.17, 15) is 37.8 Å². The van der Waals surface area contributed by atoms with Crippen molar-refractivity contribution in [2.24, 2.45) is 5.92 Å². The molecular weight excluding hydrogens is 799 g/mol. The number of carboxylic acid groups (broad SMARTS) is 2. The van der Waals surface area contributed by atoms with Crippen LogP contribution in [0, 0.1) is 5.92 Å². The van der Waals surface area contributed by atoms with Crippen molar-refractivity contribution in [3.05, 3.63) is 119 Å². The van der Waals surface area contributed by atoms with E-state index in [1.54, 1.807) is 43.3 Å². The topological polar surface area (TPSA) is 179 Å². The van der Waals surface area contributed by atoms with Gasteiger partial charge in [-0.2, -0.15) is 4.31 Å². The zero-order valence-electron chi connectivity index (χ0n) is 33.2. The Hall–Kier alpha value is -2.26. The summed E-state index contributed by atoms with van der Waals surface area (Å²) in [6, 6.07) is 24.5. The van der Waals surface area contributed by atoms with Crippen molar-refractivity contribution >= 4 is 50.8 Å². The second-order valence-corrected chi connectivity index (χ2v) is 15.4. The van der Waals surface area contributed by atoms with Crippen LogP contribution < -0.4 is 129 Å². The first-order valence-corrected chi connectivity index (χ1v) is 20.0. The SMILES string of the molecule is CCN(CC)c1ccc(NC(=O)c2cccc(S(=O)(=O)N(CC)C3CCC(C(=O)[O-])CC3)c2)c(C(=O)Nc2ccc(CCc3ccc(C(=O)[O-])cc3)cc2)c1.[K+].[K+]. The van der Waals surface area contributed by atoms with Gasteiger partial charge in [0.1, 0.15) is 0 Å². The van der Waals surface area contributed by atoms with Crippen LogP contribution in [0.1, 0.15) is 88.7 Å². The molecule has 1 fully saturated rings. The van der Waals surface area contributed by atoms with E-state index < -0.39 is 39.7 Å². The molecule has 1 aliphatic rings. The number of aryl methyl sites for hydroxylation is 2. The molecular formula is C42H46K2N4O8S. The summed E-state index contributed by atoms with van der Waals surface area (Å²) in [6.07, 6.45) is 2.86. The van der Waals surface area contributed by atoms with Crippen LogP contribution in [0.3, 0.4) is 0 Å². The van der Waals surface area contributed by atoms with E-state index in [2.05, 4.69) is 15.5 Å². The molecule has 0 radical (unpaired) electrons. The van der Waals surface area contributed by atoms with Crippen molar-refractivity contribution in [3.63, 3.8) is 0 Å². The van der Waals surface area contributed by atoms with Crippen LogP contribution in [0.25, 0.3) is 0 Å². The third-order valence-corrected chi connectivity index (χ3v) is 12.2. The summed E-state index contributed by atoms with van der Waals surface area (Å²) in [5.74, 6) is -3.97. The Morgan fingerprint density at radius 3 is 1.82 bits per heavy atom. The summed E-state index contributed by atoms with van der Waals surface area (Å²) in [7, 11) is -4.02. The zero-order chi connectivity index (χ0) is 39.7. The molecule has 0 aromatic heterocycles. The number of carboxylic acids is 2. The number of nitrogens with zero attached hydrogens (tertiary/aromatic N) is 2. The van der Waals surface area contributed by atoms with Gasteiger partial charge in [-0.25, -0.2) is 8.42 Å². The molecule has 15 heteroatoms. The van der Waals surface area contributed by atoms with Crippen molar-refractivity contribution in [3.8, 4) is 0 Å². The van der Waals surface area contributed by atoms with E-state index >= 15 is 0 Å². The summed E-state index contributed by atoms with van der Waals surface area (Å²) >= 11 is 0. The van der Waals surface area contributed by atoms with Gasteiger partial charge >= 0.3 is 103 Å². The van der Waals surface area contributed by atoms with E-state index in [-0.39, 0.29) is 143 Å². The maximum Gasteiger partial charge on any atom is 1.00 e. The smallest absolute Gasteiger partial charge is 0.550 e. The Kier molecular flexibility index (Phi) is 19.8. The molecule has 0 aliphatic heterocycles. The van der Waals surface area contributed by atoms with Gasteiger partial charge in [0, 0.05) is 48.6 Å². The number of anilines is 3. The average Bonchev–Trinajstić information content (AvgIpc) is 3.19. The van der Waals surface area contributed by atoms with E-state index in [0.29, 0.717) is 57.3 Å². The third kappa shape index (κ3) is 12.9. The van der Waals surface area contributed by atoms with E-state index in [1.165, 1.54) is 40.7 Å². The molecule has 4 aromatic rings. The quantitative estimate of drug-likeness (QED) is 0.127. The molecule has 1 saturated carbocycles.